The summed E-state index contributed by atoms with van der Waals surface area (Å²) in [6.07, 6.45) is 0. The zero-order chi connectivity index (χ0) is 24.2. The van der Waals surface area contributed by atoms with Gasteiger partial charge in [-0.1, -0.05) is 24.4 Å². The molecule has 0 radical (unpaired) electrons. The van der Waals surface area contributed by atoms with Crippen LogP contribution >= 0.6 is 24.4 Å². The van der Waals surface area contributed by atoms with Crippen LogP contribution in [0.15, 0.2) is 36.4 Å². The average Bonchev–Trinajstić information content (AvgIpc) is 2.75. The first-order valence-electron chi connectivity index (χ1n) is 9.38. The number of carbonyl (C=O) groups is 2. The van der Waals surface area contributed by atoms with Crippen LogP contribution in [0.3, 0.4) is 0 Å². The summed E-state index contributed by atoms with van der Waals surface area (Å²) >= 11 is 10.3. The molecule has 2 aromatic carbocycles. The summed E-state index contributed by atoms with van der Waals surface area (Å²) in [4.78, 5) is 27.4. The van der Waals surface area contributed by atoms with E-state index < -0.39 is 40.8 Å². The molecule has 0 aromatic heterocycles. The van der Waals surface area contributed by atoms with E-state index in [1.807, 2.05) is 0 Å². The second-order valence-electron chi connectivity index (χ2n) is 7.23. The molecular formula is C22H20F4N2O2S2. The zero-order valence-corrected chi connectivity index (χ0v) is 19.1. The van der Waals surface area contributed by atoms with E-state index >= 15 is 0 Å². The number of likely N-dealkylation sites (N-methyl/N-ethyl adjacent to an activating group) is 2. The van der Waals surface area contributed by atoms with Crippen LogP contribution in [0.1, 0.15) is 18.1 Å². The molecule has 2 aromatic rings. The summed E-state index contributed by atoms with van der Waals surface area (Å²) in [5.41, 5.74) is -0.340. The molecule has 0 saturated carbocycles. The number of carbonyl (C=O) groups excluding carboxylic acids is 2. The van der Waals surface area contributed by atoms with Gasteiger partial charge in [-0.3, -0.25) is 9.59 Å². The lowest BCUT2D eigenvalue weighted by atomic mass is 10.00. The molecule has 0 spiro atoms. The Morgan fingerprint density at radius 1 is 0.781 bits per heavy atom. The van der Waals surface area contributed by atoms with Crippen molar-refractivity contribution in [2.75, 3.05) is 27.2 Å². The zero-order valence-electron chi connectivity index (χ0n) is 17.5. The molecule has 0 aliphatic rings. The molecular weight excluding hydrogens is 464 g/mol. The van der Waals surface area contributed by atoms with Crippen LogP contribution in [0.2, 0.25) is 0 Å². The summed E-state index contributed by atoms with van der Waals surface area (Å²) in [7, 11) is 2.85. The highest BCUT2D eigenvalue weighted by Gasteiger charge is 2.26. The predicted octanol–water partition coefficient (Wildman–Crippen LogP) is 3.93. The molecule has 0 fully saturated rings. The van der Waals surface area contributed by atoms with Gasteiger partial charge in [0.25, 0.3) is 0 Å². The van der Waals surface area contributed by atoms with Crippen LogP contribution in [0.5, 0.6) is 0 Å². The second-order valence-corrected chi connectivity index (χ2v) is 8.00. The lowest BCUT2D eigenvalue weighted by molar-refractivity contribution is -0.132. The minimum Gasteiger partial charge on any atom is -0.358 e. The Hall–Kier alpha value is -2.72. The summed E-state index contributed by atoms with van der Waals surface area (Å²) in [5, 5.41) is 0. The van der Waals surface area contributed by atoms with E-state index in [-0.39, 0.29) is 34.2 Å². The number of halogens is 4. The number of benzene rings is 2. The largest absolute Gasteiger partial charge is 0.358 e. The van der Waals surface area contributed by atoms with Gasteiger partial charge in [0, 0.05) is 25.2 Å². The Morgan fingerprint density at radius 3 is 1.47 bits per heavy atom. The minimum atomic E-state index is -1.07. The molecule has 0 aliphatic heterocycles. The molecule has 170 valence electrons. The average molecular weight is 485 g/mol. The van der Waals surface area contributed by atoms with Crippen molar-refractivity contribution in [3.05, 3.63) is 70.8 Å². The predicted molar refractivity (Wildman–Crippen MR) is 121 cm³/mol. The van der Waals surface area contributed by atoms with Crippen molar-refractivity contribution in [1.82, 2.24) is 9.80 Å². The Kier molecular flexibility index (Phi) is 8.57. The molecule has 2 rings (SSSR count). The first kappa shape index (κ1) is 25.5. The van der Waals surface area contributed by atoms with Crippen LogP contribution in [0, 0.1) is 29.2 Å². The second kappa shape index (κ2) is 10.7. The van der Waals surface area contributed by atoms with Crippen molar-refractivity contribution < 1.29 is 27.2 Å². The maximum absolute atomic E-state index is 13.9. The fourth-order valence-corrected chi connectivity index (χ4v) is 3.24. The standard InChI is InChI=1S/C22H20F4N2O2S2/c1-12(19(29)10-27(2)21(31)15-8-13(23)4-6-17(15)25)20(30)11-28(3)22(32)16-9-14(24)5-7-18(16)26/h4-9,12H,10-11H2,1-3H3. The van der Waals surface area contributed by atoms with Crippen molar-refractivity contribution in [3.8, 4) is 0 Å². The normalized spacial score (nSPS) is 10.8. The van der Waals surface area contributed by atoms with Gasteiger partial charge in [-0.25, -0.2) is 17.6 Å². The SMILES string of the molecule is CC(C(=O)CN(C)C(=S)c1cc(F)ccc1F)C(=O)CN(C)C(=S)c1cc(F)ccc1F. The third-order valence-electron chi connectivity index (χ3n) is 4.76. The van der Waals surface area contributed by atoms with Crippen molar-refractivity contribution in [1.29, 1.82) is 0 Å². The highest BCUT2D eigenvalue weighted by molar-refractivity contribution is 7.80. The molecule has 0 unspecified atom stereocenters. The van der Waals surface area contributed by atoms with Crippen LogP contribution in [0.4, 0.5) is 17.6 Å². The Morgan fingerprint density at radius 2 is 1.12 bits per heavy atom. The van der Waals surface area contributed by atoms with Crippen LogP contribution < -0.4 is 0 Å². The Balaban J connectivity index is 2.01. The van der Waals surface area contributed by atoms with Crippen molar-refractivity contribution in [2.24, 2.45) is 5.92 Å². The molecule has 10 heteroatoms. The van der Waals surface area contributed by atoms with E-state index in [1.165, 1.54) is 30.8 Å². The van der Waals surface area contributed by atoms with Gasteiger partial charge in [0.1, 0.15) is 33.2 Å². The molecule has 0 aliphatic carbocycles. The fourth-order valence-electron chi connectivity index (χ4n) is 2.80. The van der Waals surface area contributed by atoms with Gasteiger partial charge >= 0.3 is 0 Å². The first-order chi connectivity index (χ1) is 14.9. The third-order valence-corrected chi connectivity index (χ3v) is 5.83. The quantitative estimate of drug-likeness (QED) is 0.321. The van der Waals surface area contributed by atoms with Gasteiger partial charge in [-0.15, -0.1) is 0 Å². The Labute approximate surface area is 193 Å². The number of Topliss-reactive ketones (excluding diaryl/α,β-unsaturated/α-hetero) is 2. The smallest absolute Gasteiger partial charge is 0.162 e. The van der Waals surface area contributed by atoms with Gasteiger partial charge in [0.2, 0.25) is 0 Å². The third kappa shape index (κ3) is 6.17. The summed E-state index contributed by atoms with van der Waals surface area (Å²) in [6, 6.07) is 5.61. The van der Waals surface area contributed by atoms with E-state index in [4.69, 9.17) is 24.4 Å². The molecule has 0 bridgehead atoms. The molecule has 4 nitrogen and oxygen atoms in total. The van der Waals surface area contributed by atoms with Crippen molar-refractivity contribution in [2.45, 2.75) is 6.92 Å². The van der Waals surface area contributed by atoms with Gasteiger partial charge in [-0.05, 0) is 43.3 Å². The number of nitrogens with zero attached hydrogens (tertiary/aromatic N) is 2. The van der Waals surface area contributed by atoms with Gasteiger partial charge < -0.3 is 9.80 Å². The molecule has 0 N–H and O–H groups in total. The maximum Gasteiger partial charge on any atom is 0.162 e. The lowest BCUT2D eigenvalue weighted by Crippen LogP contribution is -2.40. The topological polar surface area (TPSA) is 40.6 Å². The summed E-state index contributed by atoms with van der Waals surface area (Å²) in [5.74, 6) is -4.92. The molecule has 0 saturated heterocycles. The number of hydrogen-bond donors (Lipinski definition) is 0. The lowest BCUT2D eigenvalue weighted by Gasteiger charge is -2.23. The number of rotatable bonds is 8. The highest BCUT2D eigenvalue weighted by Crippen LogP contribution is 2.15. The maximum atomic E-state index is 13.9. The monoisotopic (exact) mass is 484 g/mol. The molecule has 0 atom stereocenters. The van der Waals surface area contributed by atoms with E-state index in [9.17, 15) is 27.2 Å². The number of hydrogen-bond acceptors (Lipinski definition) is 4. The van der Waals surface area contributed by atoms with E-state index in [2.05, 4.69) is 0 Å². The number of thiocarbonyl (C=S) groups is 2. The molecule has 0 amide bonds. The minimum absolute atomic E-state index is 0.0881. The highest BCUT2D eigenvalue weighted by atomic mass is 32.1. The van der Waals surface area contributed by atoms with E-state index in [1.54, 1.807) is 0 Å². The van der Waals surface area contributed by atoms with E-state index in [0.29, 0.717) is 0 Å². The molecule has 32 heavy (non-hydrogen) atoms. The van der Waals surface area contributed by atoms with Crippen molar-refractivity contribution >= 4 is 46.0 Å². The van der Waals surface area contributed by atoms with Crippen LogP contribution in [0.25, 0.3) is 0 Å². The summed E-state index contributed by atoms with van der Waals surface area (Å²) in [6.45, 7) is 0.771. The van der Waals surface area contributed by atoms with Crippen LogP contribution in [-0.2, 0) is 9.59 Å². The van der Waals surface area contributed by atoms with Crippen molar-refractivity contribution in [3.63, 3.8) is 0 Å². The number of ketones is 2. The van der Waals surface area contributed by atoms with Crippen LogP contribution in [-0.4, -0.2) is 58.5 Å². The van der Waals surface area contributed by atoms with Gasteiger partial charge in [0.05, 0.1) is 19.0 Å². The van der Waals surface area contributed by atoms with Gasteiger partial charge in [0.15, 0.2) is 11.6 Å². The summed E-state index contributed by atoms with van der Waals surface area (Å²) < 4.78 is 54.7. The van der Waals surface area contributed by atoms with Gasteiger partial charge in [-0.2, -0.15) is 0 Å². The Bertz CT molecular complexity index is 994. The van der Waals surface area contributed by atoms with E-state index in [0.717, 1.165) is 36.4 Å². The first-order valence-corrected chi connectivity index (χ1v) is 10.2. The fraction of sp³-hybridized carbons (Fsp3) is 0.273. The molecule has 0 heterocycles.